The SMILES string of the molecule is CCCNc1ncnc(NC(C)C(=O)N(C)CC)c1C. The van der Waals surface area contributed by atoms with Gasteiger partial charge in [-0.2, -0.15) is 0 Å². The molecule has 1 amide bonds. The topological polar surface area (TPSA) is 70.1 Å². The number of amides is 1. The molecule has 1 rings (SSSR count). The fourth-order valence-corrected chi connectivity index (χ4v) is 1.77. The fraction of sp³-hybridized carbons (Fsp3) is 0.643. The van der Waals surface area contributed by atoms with Crippen LogP contribution in [0, 0.1) is 6.92 Å². The third-order valence-corrected chi connectivity index (χ3v) is 3.20. The molecule has 0 aliphatic rings. The average Bonchev–Trinajstić information content (AvgIpc) is 2.46. The van der Waals surface area contributed by atoms with E-state index < -0.39 is 0 Å². The highest BCUT2D eigenvalue weighted by molar-refractivity contribution is 5.84. The molecular formula is C14H25N5O. The van der Waals surface area contributed by atoms with Crippen molar-refractivity contribution >= 4 is 17.5 Å². The second-order valence-electron chi connectivity index (χ2n) is 4.84. The molecule has 1 aromatic heterocycles. The van der Waals surface area contributed by atoms with E-state index in [1.165, 1.54) is 6.33 Å². The van der Waals surface area contributed by atoms with Gasteiger partial charge in [0.25, 0.3) is 0 Å². The molecular weight excluding hydrogens is 254 g/mol. The number of aromatic nitrogens is 2. The number of nitrogens with one attached hydrogen (secondary N) is 2. The number of anilines is 2. The van der Waals surface area contributed by atoms with E-state index >= 15 is 0 Å². The minimum Gasteiger partial charge on any atom is -0.370 e. The summed E-state index contributed by atoms with van der Waals surface area (Å²) < 4.78 is 0. The van der Waals surface area contributed by atoms with Crippen LogP contribution in [0.5, 0.6) is 0 Å². The van der Waals surface area contributed by atoms with E-state index in [1.54, 1.807) is 11.9 Å². The molecule has 6 nitrogen and oxygen atoms in total. The predicted molar refractivity (Wildman–Crippen MR) is 81.9 cm³/mol. The lowest BCUT2D eigenvalue weighted by molar-refractivity contribution is -0.130. The van der Waals surface area contributed by atoms with E-state index in [1.807, 2.05) is 20.8 Å². The Balaban J connectivity index is 2.79. The molecule has 0 saturated heterocycles. The van der Waals surface area contributed by atoms with Crippen molar-refractivity contribution in [3.8, 4) is 0 Å². The van der Waals surface area contributed by atoms with Crippen LogP contribution in [0.3, 0.4) is 0 Å². The number of likely N-dealkylation sites (N-methyl/N-ethyl adjacent to an activating group) is 1. The Morgan fingerprint density at radius 2 is 2.00 bits per heavy atom. The number of rotatable bonds is 7. The van der Waals surface area contributed by atoms with Gasteiger partial charge in [0.15, 0.2) is 0 Å². The first kappa shape index (κ1) is 16.2. The van der Waals surface area contributed by atoms with Crippen molar-refractivity contribution in [2.75, 3.05) is 30.8 Å². The summed E-state index contributed by atoms with van der Waals surface area (Å²) in [5, 5.41) is 6.41. The van der Waals surface area contributed by atoms with Crippen molar-refractivity contribution in [2.45, 2.75) is 40.2 Å². The highest BCUT2D eigenvalue weighted by Crippen LogP contribution is 2.19. The van der Waals surface area contributed by atoms with E-state index in [9.17, 15) is 4.79 Å². The molecule has 112 valence electrons. The quantitative estimate of drug-likeness (QED) is 0.797. The van der Waals surface area contributed by atoms with E-state index in [-0.39, 0.29) is 11.9 Å². The summed E-state index contributed by atoms with van der Waals surface area (Å²) in [6.45, 7) is 9.40. The molecule has 1 aromatic rings. The fourth-order valence-electron chi connectivity index (χ4n) is 1.77. The van der Waals surface area contributed by atoms with E-state index in [4.69, 9.17) is 0 Å². The normalized spacial score (nSPS) is 11.8. The third kappa shape index (κ3) is 4.08. The first-order valence-corrected chi connectivity index (χ1v) is 7.08. The third-order valence-electron chi connectivity index (χ3n) is 3.20. The summed E-state index contributed by atoms with van der Waals surface area (Å²) in [5.41, 5.74) is 0.930. The Hall–Kier alpha value is -1.85. The molecule has 6 heteroatoms. The standard InChI is InChI=1S/C14H25N5O/c1-6-8-15-12-10(3)13(17-9-16-12)18-11(4)14(20)19(5)7-2/h9,11H,6-8H2,1-5H3,(H2,15,16,17,18). The molecule has 2 N–H and O–H groups in total. The summed E-state index contributed by atoms with van der Waals surface area (Å²) in [4.78, 5) is 22.2. The van der Waals surface area contributed by atoms with Crippen LogP contribution >= 0.6 is 0 Å². The number of hydrogen-bond donors (Lipinski definition) is 2. The molecule has 0 bridgehead atoms. The van der Waals surface area contributed by atoms with Gasteiger partial charge in [0.2, 0.25) is 5.91 Å². The van der Waals surface area contributed by atoms with E-state index in [0.717, 1.165) is 24.3 Å². The molecule has 0 aliphatic heterocycles. The summed E-state index contributed by atoms with van der Waals surface area (Å²) in [6, 6.07) is -0.312. The zero-order valence-corrected chi connectivity index (χ0v) is 13.0. The Labute approximate surface area is 121 Å². The van der Waals surface area contributed by atoms with Gasteiger partial charge in [-0.05, 0) is 27.2 Å². The monoisotopic (exact) mass is 279 g/mol. The van der Waals surface area contributed by atoms with E-state index in [0.29, 0.717) is 12.4 Å². The van der Waals surface area contributed by atoms with Gasteiger partial charge in [-0.1, -0.05) is 6.92 Å². The number of carbonyl (C=O) groups is 1. The Morgan fingerprint density at radius 3 is 2.60 bits per heavy atom. The van der Waals surface area contributed by atoms with Crippen LogP contribution in [0.2, 0.25) is 0 Å². The minimum atomic E-state index is -0.312. The molecule has 0 aliphatic carbocycles. The summed E-state index contributed by atoms with van der Waals surface area (Å²) in [5.74, 6) is 1.56. The Bertz CT molecular complexity index is 449. The van der Waals surface area contributed by atoms with Crippen molar-refractivity contribution in [3.63, 3.8) is 0 Å². The van der Waals surface area contributed by atoms with Crippen molar-refractivity contribution in [2.24, 2.45) is 0 Å². The second kappa shape index (κ2) is 7.67. The smallest absolute Gasteiger partial charge is 0.244 e. The first-order valence-electron chi connectivity index (χ1n) is 7.08. The van der Waals surface area contributed by atoms with Crippen molar-refractivity contribution in [1.29, 1.82) is 0 Å². The zero-order valence-electron chi connectivity index (χ0n) is 13.0. The Kier molecular flexibility index (Phi) is 6.21. The van der Waals surface area contributed by atoms with Crippen molar-refractivity contribution in [1.82, 2.24) is 14.9 Å². The molecule has 1 heterocycles. The lowest BCUT2D eigenvalue weighted by Crippen LogP contribution is -2.39. The highest BCUT2D eigenvalue weighted by Gasteiger charge is 2.18. The summed E-state index contributed by atoms with van der Waals surface area (Å²) in [6.07, 6.45) is 2.54. The number of carbonyl (C=O) groups excluding carboxylic acids is 1. The minimum absolute atomic E-state index is 0.0496. The maximum absolute atomic E-state index is 12.1. The molecule has 0 radical (unpaired) electrons. The predicted octanol–water partition coefficient (Wildman–Crippen LogP) is 1.89. The molecule has 1 atom stereocenters. The van der Waals surface area contributed by atoms with Gasteiger partial charge in [0, 0.05) is 25.7 Å². The lowest BCUT2D eigenvalue weighted by Gasteiger charge is -2.22. The van der Waals surface area contributed by atoms with Crippen molar-refractivity contribution in [3.05, 3.63) is 11.9 Å². The summed E-state index contributed by atoms with van der Waals surface area (Å²) in [7, 11) is 1.79. The van der Waals surface area contributed by atoms with Gasteiger partial charge < -0.3 is 15.5 Å². The van der Waals surface area contributed by atoms with Crippen LogP contribution in [0.1, 0.15) is 32.8 Å². The number of hydrogen-bond acceptors (Lipinski definition) is 5. The van der Waals surface area contributed by atoms with Crippen molar-refractivity contribution < 1.29 is 4.79 Å². The van der Waals surface area contributed by atoms with E-state index in [2.05, 4.69) is 27.5 Å². The van der Waals surface area contributed by atoms with Crippen LogP contribution in [0.4, 0.5) is 11.6 Å². The largest absolute Gasteiger partial charge is 0.370 e. The zero-order chi connectivity index (χ0) is 15.1. The van der Waals surface area contributed by atoms with Crippen LogP contribution in [-0.2, 0) is 4.79 Å². The molecule has 0 saturated carbocycles. The second-order valence-corrected chi connectivity index (χ2v) is 4.84. The van der Waals surface area contributed by atoms with Crippen LogP contribution in [-0.4, -0.2) is 47.0 Å². The first-order chi connectivity index (χ1) is 9.51. The van der Waals surface area contributed by atoms with Crippen LogP contribution in [0.15, 0.2) is 6.33 Å². The Morgan fingerprint density at radius 1 is 1.35 bits per heavy atom. The van der Waals surface area contributed by atoms with Gasteiger partial charge in [-0.15, -0.1) is 0 Å². The van der Waals surface area contributed by atoms with Gasteiger partial charge in [-0.25, -0.2) is 9.97 Å². The van der Waals surface area contributed by atoms with Gasteiger partial charge in [-0.3, -0.25) is 4.79 Å². The van der Waals surface area contributed by atoms with Gasteiger partial charge in [0.05, 0.1) is 0 Å². The maximum Gasteiger partial charge on any atom is 0.244 e. The van der Waals surface area contributed by atoms with Gasteiger partial charge >= 0.3 is 0 Å². The molecule has 0 spiro atoms. The highest BCUT2D eigenvalue weighted by atomic mass is 16.2. The lowest BCUT2D eigenvalue weighted by atomic mass is 10.2. The molecule has 1 unspecified atom stereocenters. The van der Waals surface area contributed by atoms with Crippen LogP contribution < -0.4 is 10.6 Å². The molecule has 0 fully saturated rings. The number of nitrogens with zero attached hydrogens (tertiary/aromatic N) is 3. The van der Waals surface area contributed by atoms with Gasteiger partial charge in [0.1, 0.15) is 24.0 Å². The van der Waals surface area contributed by atoms with Crippen LogP contribution in [0.25, 0.3) is 0 Å². The molecule has 20 heavy (non-hydrogen) atoms. The average molecular weight is 279 g/mol. The maximum atomic E-state index is 12.1. The summed E-state index contributed by atoms with van der Waals surface area (Å²) >= 11 is 0. The molecule has 0 aromatic carbocycles.